The Bertz CT molecular complexity index is 432. The van der Waals surface area contributed by atoms with Crippen LogP contribution in [0.2, 0.25) is 0 Å². The maximum atomic E-state index is 13.6. The summed E-state index contributed by atoms with van der Waals surface area (Å²) in [5, 5.41) is 0. The molecular formula is C13H15F3O2. The molecule has 0 saturated carbocycles. The molecule has 0 fully saturated rings. The second-order valence-electron chi connectivity index (χ2n) is 3.98. The van der Waals surface area contributed by atoms with Gasteiger partial charge in [-0.05, 0) is 12.5 Å². The van der Waals surface area contributed by atoms with Gasteiger partial charge < -0.3 is 4.74 Å². The molecule has 0 heterocycles. The molecule has 0 aliphatic rings. The zero-order chi connectivity index (χ0) is 13.7. The normalized spacial score (nSPS) is 12.3. The summed E-state index contributed by atoms with van der Waals surface area (Å²) >= 11 is 0. The fourth-order valence-corrected chi connectivity index (χ4v) is 1.76. The predicted molar refractivity (Wildman–Crippen MR) is 60.6 cm³/mol. The number of hydrogen-bond donors (Lipinski definition) is 0. The van der Waals surface area contributed by atoms with Gasteiger partial charge in [0.2, 0.25) is 0 Å². The molecule has 0 radical (unpaired) electrons. The third-order valence-electron chi connectivity index (χ3n) is 2.77. The van der Waals surface area contributed by atoms with E-state index < -0.39 is 29.3 Å². The molecule has 100 valence electrons. The molecular weight excluding hydrogens is 245 g/mol. The zero-order valence-electron chi connectivity index (χ0n) is 10.3. The Morgan fingerprint density at radius 2 is 1.94 bits per heavy atom. The molecule has 0 spiro atoms. The molecule has 18 heavy (non-hydrogen) atoms. The quantitative estimate of drug-likeness (QED) is 0.597. The minimum Gasteiger partial charge on any atom is -0.469 e. The Balaban J connectivity index is 3.12. The van der Waals surface area contributed by atoms with Gasteiger partial charge >= 0.3 is 5.97 Å². The summed E-state index contributed by atoms with van der Waals surface area (Å²) in [5.74, 6) is -5.69. The number of halogens is 3. The standard InChI is InChI=1S/C13H15F3O2/c1-3-4-5-9(13(17)18-2)8-6-7-10(14)12(16)11(8)15/h6-7,9H,3-5H2,1-2H3. The van der Waals surface area contributed by atoms with Crippen LogP contribution in [0.25, 0.3) is 0 Å². The fourth-order valence-electron chi connectivity index (χ4n) is 1.76. The monoisotopic (exact) mass is 260 g/mol. The minimum atomic E-state index is -1.56. The van der Waals surface area contributed by atoms with Crippen LogP contribution in [0.15, 0.2) is 12.1 Å². The molecule has 0 aliphatic heterocycles. The first-order valence-corrected chi connectivity index (χ1v) is 5.74. The Hall–Kier alpha value is -1.52. The first-order chi connectivity index (χ1) is 8.52. The second kappa shape index (κ2) is 6.42. The lowest BCUT2D eigenvalue weighted by atomic mass is 9.93. The number of rotatable bonds is 5. The van der Waals surface area contributed by atoms with E-state index in [1.165, 1.54) is 7.11 Å². The summed E-state index contributed by atoms with van der Waals surface area (Å²) in [7, 11) is 1.18. The Morgan fingerprint density at radius 3 is 2.50 bits per heavy atom. The number of methoxy groups -OCH3 is 1. The fraction of sp³-hybridized carbons (Fsp3) is 0.462. The highest BCUT2D eigenvalue weighted by molar-refractivity contribution is 5.78. The van der Waals surface area contributed by atoms with Crippen molar-refractivity contribution in [3.05, 3.63) is 35.1 Å². The van der Waals surface area contributed by atoms with Gasteiger partial charge in [-0.2, -0.15) is 0 Å². The van der Waals surface area contributed by atoms with Crippen LogP contribution in [0.5, 0.6) is 0 Å². The lowest BCUT2D eigenvalue weighted by molar-refractivity contribution is -0.142. The summed E-state index contributed by atoms with van der Waals surface area (Å²) in [6.45, 7) is 1.91. The summed E-state index contributed by atoms with van der Waals surface area (Å²) in [4.78, 5) is 11.6. The van der Waals surface area contributed by atoms with Crippen molar-refractivity contribution < 1.29 is 22.7 Å². The van der Waals surface area contributed by atoms with Crippen molar-refractivity contribution in [2.24, 2.45) is 0 Å². The molecule has 5 heteroatoms. The van der Waals surface area contributed by atoms with Crippen LogP contribution >= 0.6 is 0 Å². The summed E-state index contributed by atoms with van der Waals surface area (Å²) in [6.07, 6.45) is 1.81. The average molecular weight is 260 g/mol. The average Bonchev–Trinajstić information content (AvgIpc) is 2.38. The van der Waals surface area contributed by atoms with E-state index in [1.807, 2.05) is 6.92 Å². The second-order valence-corrected chi connectivity index (χ2v) is 3.98. The summed E-state index contributed by atoms with van der Waals surface area (Å²) < 4.78 is 44.1. The first-order valence-electron chi connectivity index (χ1n) is 5.74. The molecule has 0 N–H and O–H groups in total. The van der Waals surface area contributed by atoms with Crippen LogP contribution in [0.3, 0.4) is 0 Å². The van der Waals surface area contributed by atoms with Gasteiger partial charge in [0.25, 0.3) is 0 Å². The molecule has 2 nitrogen and oxygen atoms in total. The molecule has 1 atom stereocenters. The maximum absolute atomic E-state index is 13.6. The van der Waals surface area contributed by atoms with Crippen LogP contribution in [0, 0.1) is 17.5 Å². The number of carbonyl (C=O) groups excluding carboxylic acids is 1. The molecule has 1 aromatic carbocycles. The highest BCUT2D eigenvalue weighted by atomic mass is 19.2. The van der Waals surface area contributed by atoms with E-state index in [0.29, 0.717) is 12.8 Å². The van der Waals surface area contributed by atoms with Crippen molar-refractivity contribution in [3.63, 3.8) is 0 Å². The molecule has 1 aromatic rings. The van der Waals surface area contributed by atoms with Crippen molar-refractivity contribution in [1.29, 1.82) is 0 Å². The Morgan fingerprint density at radius 1 is 1.28 bits per heavy atom. The van der Waals surface area contributed by atoms with E-state index in [2.05, 4.69) is 4.74 Å². The third-order valence-corrected chi connectivity index (χ3v) is 2.77. The topological polar surface area (TPSA) is 26.3 Å². The van der Waals surface area contributed by atoms with E-state index in [-0.39, 0.29) is 5.56 Å². The van der Waals surface area contributed by atoms with Gasteiger partial charge in [-0.3, -0.25) is 4.79 Å². The Labute approximate surface area is 104 Å². The van der Waals surface area contributed by atoms with Crippen molar-refractivity contribution in [2.75, 3.05) is 7.11 Å². The van der Waals surface area contributed by atoms with Crippen LogP contribution in [-0.2, 0) is 9.53 Å². The van der Waals surface area contributed by atoms with Gasteiger partial charge in [-0.1, -0.05) is 25.8 Å². The maximum Gasteiger partial charge on any atom is 0.313 e. The number of hydrogen-bond acceptors (Lipinski definition) is 2. The number of carbonyl (C=O) groups is 1. The molecule has 0 saturated heterocycles. The molecule has 0 aromatic heterocycles. The van der Waals surface area contributed by atoms with Crippen molar-refractivity contribution >= 4 is 5.97 Å². The van der Waals surface area contributed by atoms with Crippen LogP contribution in [0.4, 0.5) is 13.2 Å². The number of benzene rings is 1. The van der Waals surface area contributed by atoms with Crippen molar-refractivity contribution in [1.82, 2.24) is 0 Å². The molecule has 0 bridgehead atoms. The van der Waals surface area contributed by atoms with Crippen molar-refractivity contribution in [2.45, 2.75) is 32.1 Å². The van der Waals surface area contributed by atoms with Gasteiger partial charge in [0.1, 0.15) is 0 Å². The number of ether oxygens (including phenoxy) is 1. The van der Waals surface area contributed by atoms with Gasteiger partial charge in [0.05, 0.1) is 13.0 Å². The van der Waals surface area contributed by atoms with Crippen LogP contribution in [0.1, 0.15) is 37.7 Å². The van der Waals surface area contributed by atoms with Gasteiger partial charge in [0, 0.05) is 5.56 Å². The van der Waals surface area contributed by atoms with Gasteiger partial charge in [0.15, 0.2) is 17.5 Å². The van der Waals surface area contributed by atoms with Crippen LogP contribution in [-0.4, -0.2) is 13.1 Å². The number of unbranched alkanes of at least 4 members (excludes halogenated alkanes) is 1. The molecule has 1 rings (SSSR count). The third kappa shape index (κ3) is 3.03. The SMILES string of the molecule is CCCCC(C(=O)OC)c1ccc(F)c(F)c1F. The lowest BCUT2D eigenvalue weighted by Gasteiger charge is -2.15. The Kier molecular flexibility index (Phi) is 5.19. The smallest absolute Gasteiger partial charge is 0.313 e. The highest BCUT2D eigenvalue weighted by Crippen LogP contribution is 2.28. The van der Waals surface area contributed by atoms with E-state index in [9.17, 15) is 18.0 Å². The molecule has 0 aliphatic carbocycles. The molecule has 0 amide bonds. The predicted octanol–water partition coefficient (Wildman–Crippen LogP) is 3.55. The first kappa shape index (κ1) is 14.5. The van der Waals surface area contributed by atoms with Gasteiger partial charge in [-0.15, -0.1) is 0 Å². The van der Waals surface area contributed by atoms with Gasteiger partial charge in [-0.25, -0.2) is 13.2 Å². The lowest BCUT2D eigenvalue weighted by Crippen LogP contribution is -2.16. The van der Waals surface area contributed by atoms with E-state index >= 15 is 0 Å². The largest absolute Gasteiger partial charge is 0.469 e. The highest BCUT2D eigenvalue weighted by Gasteiger charge is 2.26. The van der Waals surface area contributed by atoms with E-state index in [4.69, 9.17) is 0 Å². The molecule has 1 unspecified atom stereocenters. The zero-order valence-corrected chi connectivity index (χ0v) is 10.3. The van der Waals surface area contributed by atoms with Crippen LogP contribution < -0.4 is 0 Å². The number of esters is 1. The summed E-state index contributed by atoms with van der Waals surface area (Å²) in [5.41, 5.74) is -0.158. The van der Waals surface area contributed by atoms with E-state index in [1.54, 1.807) is 0 Å². The summed E-state index contributed by atoms with van der Waals surface area (Å²) in [6, 6.07) is 1.90. The van der Waals surface area contributed by atoms with E-state index in [0.717, 1.165) is 18.6 Å². The van der Waals surface area contributed by atoms with Crippen molar-refractivity contribution in [3.8, 4) is 0 Å². The minimum absolute atomic E-state index is 0.158.